The van der Waals surface area contributed by atoms with Gasteiger partial charge in [-0.1, -0.05) is 25.4 Å². The van der Waals surface area contributed by atoms with Crippen LogP contribution in [0.5, 0.6) is 0 Å². The largest absolute Gasteiger partial charge is 0.480 e. The summed E-state index contributed by atoms with van der Waals surface area (Å²) in [6.45, 7) is 3.46. The second kappa shape index (κ2) is 5.83. The van der Waals surface area contributed by atoms with E-state index in [1.54, 1.807) is 13.8 Å². The number of H-pyrrole nitrogens is 1. The molecule has 7 nitrogen and oxygen atoms in total. The zero-order valence-electron chi connectivity index (χ0n) is 9.94. The molecule has 1 rings (SSSR count). The number of rotatable bonds is 5. The average molecular weight is 276 g/mol. The smallest absolute Gasteiger partial charge is 0.328 e. The monoisotopic (exact) mass is 275 g/mol. The van der Waals surface area contributed by atoms with Gasteiger partial charge in [-0.2, -0.15) is 0 Å². The lowest BCUT2D eigenvalue weighted by molar-refractivity contribution is -0.140. The van der Waals surface area contributed by atoms with Crippen molar-refractivity contribution < 1.29 is 9.90 Å². The number of aliphatic carboxylic acids is 1. The number of aromatic amines is 1. The van der Waals surface area contributed by atoms with Gasteiger partial charge in [0, 0.05) is 12.2 Å². The Balaban J connectivity index is 3.01. The molecule has 100 valence electrons. The molecule has 0 aliphatic heterocycles. The Morgan fingerprint density at radius 3 is 2.67 bits per heavy atom. The minimum Gasteiger partial charge on any atom is -0.480 e. The molecule has 0 saturated carbocycles. The first kappa shape index (κ1) is 14.5. The summed E-state index contributed by atoms with van der Waals surface area (Å²) in [6.07, 6.45) is 1.13. The predicted molar refractivity (Wildman–Crippen MR) is 66.0 cm³/mol. The summed E-state index contributed by atoms with van der Waals surface area (Å²) in [5, 5.41) is 11.6. The number of aromatic nitrogens is 2. The molecule has 1 aromatic rings. The van der Waals surface area contributed by atoms with E-state index in [1.165, 1.54) is 0 Å². The average Bonchev–Trinajstić information content (AvgIpc) is 2.23. The van der Waals surface area contributed by atoms with Crippen LogP contribution in [0.1, 0.15) is 13.8 Å². The number of hydrogen-bond acceptors (Lipinski definition) is 4. The number of nitrogens with one attached hydrogen (secondary N) is 2. The highest BCUT2D eigenvalue weighted by atomic mass is 35.5. The third kappa shape index (κ3) is 3.71. The summed E-state index contributed by atoms with van der Waals surface area (Å²) in [6, 6.07) is -0.996. The first-order valence-electron chi connectivity index (χ1n) is 5.29. The van der Waals surface area contributed by atoms with Crippen LogP contribution in [0.2, 0.25) is 5.02 Å². The molecule has 0 aliphatic rings. The summed E-state index contributed by atoms with van der Waals surface area (Å²) in [7, 11) is 0. The molecule has 0 saturated heterocycles. The van der Waals surface area contributed by atoms with Gasteiger partial charge < -0.3 is 10.4 Å². The van der Waals surface area contributed by atoms with E-state index in [0.717, 1.165) is 10.8 Å². The molecular formula is C10H14ClN3O4. The molecule has 0 bridgehead atoms. The van der Waals surface area contributed by atoms with Gasteiger partial charge in [0.15, 0.2) is 0 Å². The van der Waals surface area contributed by atoms with Crippen LogP contribution in [0.4, 0.5) is 0 Å². The van der Waals surface area contributed by atoms with Gasteiger partial charge in [-0.3, -0.25) is 19.1 Å². The Labute approximate surface area is 107 Å². The Morgan fingerprint density at radius 1 is 1.56 bits per heavy atom. The molecule has 1 aromatic heterocycles. The van der Waals surface area contributed by atoms with Gasteiger partial charge in [0.2, 0.25) is 0 Å². The fourth-order valence-corrected chi connectivity index (χ4v) is 1.58. The lowest BCUT2D eigenvalue weighted by atomic mass is 10.2. The fourth-order valence-electron chi connectivity index (χ4n) is 1.42. The first-order valence-corrected chi connectivity index (χ1v) is 5.67. The molecular weight excluding hydrogens is 262 g/mol. The highest BCUT2D eigenvalue weighted by Gasteiger charge is 2.19. The number of carboxylic acid groups (broad SMARTS) is 1. The maximum absolute atomic E-state index is 11.5. The third-order valence-corrected chi connectivity index (χ3v) is 2.45. The Kier molecular flexibility index (Phi) is 4.69. The standard InChI is InChI=1S/C10H14ClN3O4/c1-5(2)12-7(9(16)17)4-14-3-6(11)8(15)13-10(14)18/h3,5,7,12H,4H2,1-2H3,(H,16,17)(H,13,15,18)/t7-/m0/s1. The van der Waals surface area contributed by atoms with Crippen LogP contribution in [0, 0.1) is 0 Å². The number of halogens is 1. The fraction of sp³-hybridized carbons (Fsp3) is 0.500. The van der Waals surface area contributed by atoms with E-state index >= 15 is 0 Å². The molecule has 0 unspecified atom stereocenters. The van der Waals surface area contributed by atoms with E-state index in [-0.39, 0.29) is 17.6 Å². The summed E-state index contributed by atoms with van der Waals surface area (Å²) in [5.41, 5.74) is -1.39. The van der Waals surface area contributed by atoms with Crippen molar-refractivity contribution in [3.05, 3.63) is 32.1 Å². The Bertz CT molecular complexity index is 549. The van der Waals surface area contributed by atoms with Gasteiger partial charge in [0.25, 0.3) is 5.56 Å². The van der Waals surface area contributed by atoms with Crippen molar-refractivity contribution in [2.45, 2.75) is 32.5 Å². The molecule has 0 aliphatic carbocycles. The van der Waals surface area contributed by atoms with Crippen LogP contribution in [-0.4, -0.2) is 32.7 Å². The lowest BCUT2D eigenvalue weighted by Gasteiger charge is -2.18. The number of carbonyl (C=O) groups is 1. The molecule has 1 atom stereocenters. The topological polar surface area (TPSA) is 104 Å². The molecule has 1 heterocycles. The second-order valence-electron chi connectivity index (χ2n) is 4.10. The SMILES string of the molecule is CC(C)N[C@@H](Cn1cc(Cl)c(=O)[nH]c1=O)C(=O)O. The second-order valence-corrected chi connectivity index (χ2v) is 4.51. The van der Waals surface area contributed by atoms with E-state index in [2.05, 4.69) is 5.32 Å². The number of hydrogen-bond donors (Lipinski definition) is 3. The first-order chi connectivity index (χ1) is 8.31. The van der Waals surface area contributed by atoms with Crippen molar-refractivity contribution >= 4 is 17.6 Å². The van der Waals surface area contributed by atoms with E-state index in [1.807, 2.05) is 4.98 Å². The molecule has 18 heavy (non-hydrogen) atoms. The summed E-state index contributed by atoms with van der Waals surface area (Å²) in [4.78, 5) is 35.5. The summed E-state index contributed by atoms with van der Waals surface area (Å²) < 4.78 is 1.05. The highest BCUT2D eigenvalue weighted by molar-refractivity contribution is 6.30. The van der Waals surface area contributed by atoms with Gasteiger partial charge in [-0.05, 0) is 0 Å². The van der Waals surface area contributed by atoms with Crippen LogP contribution in [-0.2, 0) is 11.3 Å². The predicted octanol–water partition coefficient (Wildman–Crippen LogP) is -0.359. The van der Waals surface area contributed by atoms with Crippen LogP contribution in [0.3, 0.4) is 0 Å². The quantitative estimate of drug-likeness (QED) is 0.681. The van der Waals surface area contributed by atoms with Crippen molar-refractivity contribution in [3.63, 3.8) is 0 Å². The van der Waals surface area contributed by atoms with Crippen molar-refractivity contribution in [1.82, 2.24) is 14.9 Å². The minimum atomic E-state index is -1.09. The van der Waals surface area contributed by atoms with Gasteiger partial charge in [0.1, 0.15) is 11.1 Å². The highest BCUT2D eigenvalue weighted by Crippen LogP contribution is 1.98. The maximum atomic E-state index is 11.5. The van der Waals surface area contributed by atoms with Gasteiger partial charge in [-0.25, -0.2) is 4.79 Å². The van der Waals surface area contributed by atoms with Crippen molar-refractivity contribution in [3.8, 4) is 0 Å². The molecule has 0 amide bonds. The molecule has 0 aromatic carbocycles. The van der Waals surface area contributed by atoms with Crippen molar-refractivity contribution in [2.24, 2.45) is 0 Å². The van der Waals surface area contributed by atoms with E-state index in [0.29, 0.717) is 0 Å². The van der Waals surface area contributed by atoms with E-state index in [4.69, 9.17) is 16.7 Å². The number of nitrogens with zero attached hydrogens (tertiary/aromatic N) is 1. The lowest BCUT2D eigenvalue weighted by Crippen LogP contribution is -2.46. The van der Waals surface area contributed by atoms with Gasteiger partial charge in [0.05, 0.1) is 6.54 Å². The minimum absolute atomic E-state index is 0.0555. The zero-order chi connectivity index (χ0) is 13.9. The van der Waals surface area contributed by atoms with Crippen LogP contribution < -0.4 is 16.6 Å². The molecule has 3 N–H and O–H groups in total. The van der Waals surface area contributed by atoms with Crippen LogP contribution in [0.25, 0.3) is 0 Å². The van der Waals surface area contributed by atoms with Gasteiger partial charge >= 0.3 is 11.7 Å². The number of carboxylic acids is 1. The zero-order valence-corrected chi connectivity index (χ0v) is 10.7. The van der Waals surface area contributed by atoms with Crippen molar-refractivity contribution in [2.75, 3.05) is 0 Å². The summed E-state index contributed by atoms with van der Waals surface area (Å²) in [5.74, 6) is -1.09. The van der Waals surface area contributed by atoms with Crippen molar-refractivity contribution in [1.29, 1.82) is 0 Å². The van der Waals surface area contributed by atoms with E-state index in [9.17, 15) is 14.4 Å². The third-order valence-electron chi connectivity index (χ3n) is 2.18. The van der Waals surface area contributed by atoms with E-state index < -0.39 is 23.3 Å². The molecule has 0 radical (unpaired) electrons. The maximum Gasteiger partial charge on any atom is 0.328 e. The van der Waals surface area contributed by atoms with Crippen LogP contribution in [0.15, 0.2) is 15.8 Å². The summed E-state index contributed by atoms with van der Waals surface area (Å²) >= 11 is 5.58. The normalized spacial score (nSPS) is 12.7. The van der Waals surface area contributed by atoms with Gasteiger partial charge in [-0.15, -0.1) is 0 Å². The molecule has 8 heteroatoms. The Hall–Kier alpha value is -1.60. The molecule has 0 spiro atoms. The molecule has 0 fully saturated rings. The van der Waals surface area contributed by atoms with Crippen LogP contribution >= 0.6 is 11.6 Å². The Morgan fingerprint density at radius 2 is 2.17 bits per heavy atom.